The first-order valence-electron chi connectivity index (χ1n) is 21.8. The molecule has 3 N–H and O–H groups in total. The second kappa shape index (κ2) is 15.8. The van der Waals surface area contributed by atoms with Crippen LogP contribution in [0.1, 0.15) is 75.0 Å². The molecular formula is C45H51ClF2N10O4. The first-order chi connectivity index (χ1) is 29.8. The fourth-order valence-electron chi connectivity index (χ4n) is 10.4. The summed E-state index contributed by atoms with van der Waals surface area (Å²) in [4.78, 5) is 52.1. The number of hydrogen-bond acceptors (Lipinski definition) is 11. The minimum Gasteiger partial charge on any atom is -0.480 e. The van der Waals surface area contributed by atoms with Crippen LogP contribution in [0.3, 0.4) is 0 Å². The number of carbonyl (C=O) groups excluding carboxylic acids is 2. The first kappa shape index (κ1) is 40.7. The van der Waals surface area contributed by atoms with Crippen molar-refractivity contribution in [2.45, 2.75) is 75.7 Å². The number of aryl methyl sites for hydroxylation is 2. The number of fused-ring (bicyclic) bond motifs is 4. The molecule has 62 heavy (non-hydrogen) atoms. The lowest BCUT2D eigenvalue weighted by atomic mass is 9.84. The maximum Gasteiger partial charge on any atom is 0.301 e. The van der Waals surface area contributed by atoms with E-state index < -0.39 is 30.0 Å². The predicted octanol–water partition coefficient (Wildman–Crippen LogP) is 6.69. The highest BCUT2D eigenvalue weighted by Crippen LogP contribution is 2.46. The Hall–Kier alpha value is -5.35. The number of nitrogens with one attached hydrogen (secondary N) is 3. The van der Waals surface area contributed by atoms with Crippen molar-refractivity contribution in [1.29, 1.82) is 0 Å². The van der Waals surface area contributed by atoms with E-state index in [0.717, 1.165) is 68.6 Å². The number of hydrogen-bond donors (Lipinski definition) is 3. The SMILES string of the molecule is CC1CN(c2ncc(Cl)c(Nc3ccc4c(c3)c3c(c(=O)n4C)OCC(F)(F)C(C4CC4)N3)n2)CCC1CN1CCC(c2cccc3c(C4CCC(=O)NC4=O)nn(C)c23)CC1. The Morgan fingerprint density at radius 3 is 2.56 bits per heavy atom. The van der Waals surface area contributed by atoms with E-state index in [2.05, 4.69) is 55.9 Å². The van der Waals surface area contributed by atoms with E-state index >= 15 is 8.78 Å². The van der Waals surface area contributed by atoms with Gasteiger partial charge in [0.05, 0.1) is 40.6 Å². The Bertz CT molecular complexity index is 2660. The molecule has 1 saturated carbocycles. The average molecular weight is 869 g/mol. The van der Waals surface area contributed by atoms with Crippen LogP contribution in [-0.4, -0.2) is 92.3 Å². The standard InChI is InChI=1S/C45H51ClF2N10O4/c1-24-21-58(18-15-27(24)22-57-16-13-25(14-17-57)29-5-4-6-30-36(54-56(3)38(29)30)31-10-12-35(59)51-42(31)60)44-49-20-33(46)41(53-44)50-28-9-11-34-32(19-28)37-39(43(61)55(34)2)62-23-45(47,48)40(52-37)26-7-8-26/h4-6,9,11,19-20,24-27,31,40,52H,7-8,10,12-18,21-23H2,1-3H3,(H,49,50,53)(H,51,59,60). The number of pyridine rings is 1. The Balaban J connectivity index is 0.791. The summed E-state index contributed by atoms with van der Waals surface area (Å²) >= 11 is 6.67. The lowest BCUT2D eigenvalue weighted by Gasteiger charge is -2.41. The number of likely N-dealkylation sites (tertiary alicyclic amines) is 1. The lowest BCUT2D eigenvalue weighted by Crippen LogP contribution is -2.45. The normalized spacial score (nSPS) is 24.6. The monoisotopic (exact) mass is 868 g/mol. The van der Waals surface area contributed by atoms with Crippen molar-refractivity contribution in [3.8, 4) is 5.75 Å². The minimum absolute atomic E-state index is 0.105. The smallest absolute Gasteiger partial charge is 0.301 e. The topological polar surface area (TPSA) is 152 Å². The number of nitrogens with zero attached hydrogens (tertiary/aromatic N) is 7. The van der Waals surface area contributed by atoms with Crippen molar-refractivity contribution < 1.29 is 23.1 Å². The summed E-state index contributed by atoms with van der Waals surface area (Å²) in [6.45, 7) is 6.09. The van der Waals surface area contributed by atoms with Crippen molar-refractivity contribution in [3.63, 3.8) is 0 Å². The third-order valence-electron chi connectivity index (χ3n) is 14.0. The Labute approximate surface area is 362 Å². The number of imide groups is 1. The van der Waals surface area contributed by atoms with E-state index in [-0.39, 0.29) is 29.2 Å². The van der Waals surface area contributed by atoms with Gasteiger partial charge >= 0.3 is 5.92 Å². The van der Waals surface area contributed by atoms with Gasteiger partial charge in [-0.05, 0) is 99.0 Å². The molecule has 0 spiro atoms. The molecule has 326 valence electrons. The first-order valence-corrected chi connectivity index (χ1v) is 22.2. The molecule has 17 heteroatoms. The van der Waals surface area contributed by atoms with Crippen molar-refractivity contribution in [2.24, 2.45) is 31.8 Å². The van der Waals surface area contributed by atoms with Crippen molar-refractivity contribution in [3.05, 3.63) is 69.2 Å². The van der Waals surface area contributed by atoms with Crippen LogP contribution in [-0.2, 0) is 23.7 Å². The third-order valence-corrected chi connectivity index (χ3v) is 14.3. The third kappa shape index (κ3) is 7.41. The summed E-state index contributed by atoms with van der Waals surface area (Å²) in [7, 11) is 3.56. The van der Waals surface area contributed by atoms with Crippen LogP contribution in [0.2, 0.25) is 5.02 Å². The molecule has 14 nitrogen and oxygen atoms in total. The number of halogens is 3. The van der Waals surface area contributed by atoms with Crippen LogP contribution in [0.4, 0.5) is 31.9 Å². The lowest BCUT2D eigenvalue weighted by molar-refractivity contribution is -0.134. The van der Waals surface area contributed by atoms with Gasteiger partial charge in [0, 0.05) is 56.6 Å². The number of para-hydroxylation sites is 1. The van der Waals surface area contributed by atoms with Crippen molar-refractivity contribution >= 4 is 68.4 Å². The number of carbonyl (C=O) groups is 2. The number of rotatable bonds is 8. The van der Waals surface area contributed by atoms with E-state index in [4.69, 9.17) is 26.4 Å². The summed E-state index contributed by atoms with van der Waals surface area (Å²) in [5, 5.41) is 15.6. The fourth-order valence-corrected chi connectivity index (χ4v) is 10.5. The second-order valence-electron chi connectivity index (χ2n) is 18.1. The molecule has 5 aromatic rings. The summed E-state index contributed by atoms with van der Waals surface area (Å²) in [6, 6.07) is 10.6. The highest BCUT2D eigenvalue weighted by molar-refractivity contribution is 6.33. The van der Waals surface area contributed by atoms with Crippen LogP contribution >= 0.6 is 11.6 Å². The molecular weight excluding hydrogens is 818 g/mol. The quantitative estimate of drug-likeness (QED) is 0.143. The molecule has 4 unspecified atom stereocenters. The van der Waals surface area contributed by atoms with Gasteiger partial charge in [-0.2, -0.15) is 10.1 Å². The number of piperidine rings is 3. The molecule has 4 aliphatic heterocycles. The zero-order valence-corrected chi connectivity index (χ0v) is 35.9. The molecule has 3 aromatic heterocycles. The number of amides is 2. The van der Waals surface area contributed by atoms with Gasteiger partial charge in [0.1, 0.15) is 5.02 Å². The van der Waals surface area contributed by atoms with Gasteiger partial charge in [0.15, 0.2) is 12.4 Å². The van der Waals surface area contributed by atoms with Crippen LogP contribution < -0.4 is 31.1 Å². The van der Waals surface area contributed by atoms with Gasteiger partial charge in [-0.3, -0.25) is 24.4 Å². The molecule has 0 bridgehead atoms. The number of alkyl halides is 2. The van der Waals surface area contributed by atoms with E-state index in [1.807, 2.05) is 23.9 Å². The summed E-state index contributed by atoms with van der Waals surface area (Å²) in [5.74, 6) is -2.02. The van der Waals surface area contributed by atoms with E-state index in [0.29, 0.717) is 76.8 Å². The van der Waals surface area contributed by atoms with Crippen molar-refractivity contribution in [2.75, 3.05) is 54.9 Å². The molecule has 10 rings (SSSR count). The maximum absolute atomic E-state index is 15.2. The molecule has 1 aliphatic carbocycles. The highest BCUT2D eigenvalue weighted by Gasteiger charge is 2.51. The summed E-state index contributed by atoms with van der Waals surface area (Å²) in [6.07, 6.45) is 6.89. The Kier molecular flexibility index (Phi) is 10.4. The highest BCUT2D eigenvalue weighted by atomic mass is 35.5. The van der Waals surface area contributed by atoms with Crippen LogP contribution in [0.15, 0.2) is 47.4 Å². The van der Waals surface area contributed by atoms with Crippen LogP contribution in [0, 0.1) is 17.8 Å². The molecule has 2 amide bonds. The molecule has 4 atom stereocenters. The molecule has 7 heterocycles. The number of anilines is 4. The van der Waals surface area contributed by atoms with Gasteiger partial charge in [-0.1, -0.05) is 36.7 Å². The predicted molar refractivity (Wildman–Crippen MR) is 234 cm³/mol. The Morgan fingerprint density at radius 1 is 1.00 bits per heavy atom. The molecule has 2 aromatic carbocycles. The van der Waals surface area contributed by atoms with Gasteiger partial charge < -0.3 is 29.7 Å². The molecule has 4 fully saturated rings. The van der Waals surface area contributed by atoms with Gasteiger partial charge in [0.25, 0.3) is 5.56 Å². The molecule has 5 aliphatic rings. The number of benzene rings is 2. The van der Waals surface area contributed by atoms with Crippen molar-refractivity contribution in [1.82, 2.24) is 34.5 Å². The largest absolute Gasteiger partial charge is 0.480 e. The molecule has 3 saturated heterocycles. The van der Waals surface area contributed by atoms with E-state index in [1.165, 1.54) is 10.1 Å². The fraction of sp³-hybridized carbons (Fsp3) is 0.511. The zero-order chi connectivity index (χ0) is 43.0. The summed E-state index contributed by atoms with van der Waals surface area (Å²) in [5.41, 5.74) is 4.12. The van der Waals surface area contributed by atoms with Crippen LogP contribution in [0.25, 0.3) is 21.8 Å². The Morgan fingerprint density at radius 2 is 1.81 bits per heavy atom. The minimum atomic E-state index is -3.13. The van der Waals surface area contributed by atoms with E-state index in [1.54, 1.807) is 19.3 Å². The van der Waals surface area contributed by atoms with Gasteiger partial charge in [-0.15, -0.1) is 0 Å². The second-order valence-corrected chi connectivity index (χ2v) is 18.5. The molecule has 0 radical (unpaired) electrons. The summed E-state index contributed by atoms with van der Waals surface area (Å²) < 4.78 is 39.2. The van der Waals surface area contributed by atoms with Gasteiger partial charge in [0.2, 0.25) is 23.5 Å². The maximum atomic E-state index is 15.2. The van der Waals surface area contributed by atoms with Gasteiger partial charge in [-0.25, -0.2) is 13.8 Å². The average Bonchev–Trinajstić information content (AvgIpc) is 4.06. The zero-order valence-electron chi connectivity index (χ0n) is 35.1. The number of ether oxygens (including phenoxy) is 1. The van der Waals surface area contributed by atoms with Crippen LogP contribution in [0.5, 0.6) is 5.75 Å². The number of aromatic nitrogens is 5. The van der Waals surface area contributed by atoms with E-state index in [9.17, 15) is 14.4 Å².